The average Bonchev–Trinajstić information content (AvgIpc) is 2.99. The van der Waals surface area contributed by atoms with E-state index in [9.17, 15) is 0 Å². The van der Waals surface area contributed by atoms with Crippen molar-refractivity contribution in [3.63, 3.8) is 0 Å². The van der Waals surface area contributed by atoms with Gasteiger partial charge in [-0.2, -0.15) is 30.3 Å². The van der Waals surface area contributed by atoms with Crippen molar-refractivity contribution < 1.29 is 115 Å². The van der Waals surface area contributed by atoms with E-state index in [4.69, 9.17) is 22.1 Å². The van der Waals surface area contributed by atoms with Crippen LogP contribution >= 0.6 is 11.6 Å². The number of anilines is 1. The Kier molecular flexibility index (Phi) is 35.1. The van der Waals surface area contributed by atoms with Gasteiger partial charge in [0.15, 0.2) is 0 Å². The zero-order valence-electron chi connectivity index (χ0n) is 26.6. The Morgan fingerprint density at radius 1 is 1.21 bits per heavy atom. The number of benzene rings is 1. The quantitative estimate of drug-likeness (QED) is 0.164. The van der Waals surface area contributed by atoms with Crippen LogP contribution in [-0.2, 0) is 4.79 Å². The van der Waals surface area contributed by atoms with Gasteiger partial charge in [-0.25, -0.2) is 0 Å². The number of rotatable bonds is 10. The van der Waals surface area contributed by atoms with E-state index < -0.39 is 0 Å². The van der Waals surface area contributed by atoms with Crippen molar-refractivity contribution >= 4 is 29.8 Å². The molecule has 10 heteroatoms. The number of allylic oxidation sites excluding steroid dienone is 6. The molecule has 1 aliphatic heterocycles. The van der Waals surface area contributed by atoms with Gasteiger partial charge in [-0.05, 0) is 63.0 Å². The van der Waals surface area contributed by atoms with Gasteiger partial charge in [-0.15, -0.1) is 25.3 Å². The van der Waals surface area contributed by atoms with Crippen LogP contribution in [0.5, 0.6) is 0 Å². The van der Waals surface area contributed by atoms with Crippen molar-refractivity contribution in [3.05, 3.63) is 113 Å². The number of carbonyl (C=O) groups is 1. The Morgan fingerprint density at radius 3 is 2.28 bits per heavy atom. The summed E-state index contributed by atoms with van der Waals surface area (Å²) in [6, 6.07) is 8.10. The Hall–Kier alpha value is -0.104. The van der Waals surface area contributed by atoms with E-state index in [0.29, 0.717) is 5.92 Å². The van der Waals surface area contributed by atoms with Crippen LogP contribution in [0, 0.1) is 53.3 Å². The summed E-state index contributed by atoms with van der Waals surface area (Å²) in [6.07, 6.45) is 19.9. The Labute approximate surface area is 358 Å². The number of piperidine rings is 1. The topological polar surface area (TPSA) is 111 Å². The van der Waals surface area contributed by atoms with Gasteiger partial charge in [-0.3, -0.25) is 4.79 Å². The first-order valence-corrected chi connectivity index (χ1v) is 14.1. The molecule has 229 valence electrons. The van der Waals surface area contributed by atoms with E-state index in [-0.39, 0.29) is 117 Å². The second kappa shape index (κ2) is 31.9. The number of likely N-dealkylation sites (tertiary alicyclic amines) is 1. The molecule has 1 aromatic carbocycles. The van der Waals surface area contributed by atoms with Gasteiger partial charge >= 0.3 is 68.9 Å². The number of primary amides is 1. The molecule has 0 bridgehead atoms. The van der Waals surface area contributed by atoms with Crippen molar-refractivity contribution in [2.75, 3.05) is 46.1 Å². The Morgan fingerprint density at radius 2 is 1.81 bits per heavy atom. The van der Waals surface area contributed by atoms with Gasteiger partial charge in [0.2, 0.25) is 6.41 Å². The first-order chi connectivity index (χ1) is 19.8. The van der Waals surface area contributed by atoms with Crippen LogP contribution in [0.4, 0.5) is 5.69 Å². The number of halogens is 1. The molecular weight excluding hydrogens is 806 g/mol. The average molecular weight is 855 g/mol. The summed E-state index contributed by atoms with van der Waals surface area (Å²) in [5.41, 5.74) is 14.9. The summed E-state index contributed by atoms with van der Waals surface area (Å²) >= 11 is 6.22. The van der Waals surface area contributed by atoms with E-state index in [0.717, 1.165) is 72.1 Å². The van der Waals surface area contributed by atoms with Crippen molar-refractivity contribution in [2.24, 2.45) is 17.4 Å². The molecule has 7 nitrogen and oxygen atoms in total. The number of carbonyl (C=O) groups excluding carboxylic acids is 1. The zero-order valence-corrected chi connectivity index (χ0v) is 37.4. The summed E-state index contributed by atoms with van der Waals surface area (Å²) in [5.74, 6) is 0.687. The molecule has 1 saturated heterocycles. The maximum absolute atomic E-state index is 8.58. The van der Waals surface area contributed by atoms with Crippen LogP contribution in [0.15, 0.2) is 96.5 Å². The van der Waals surface area contributed by atoms with Gasteiger partial charge in [0.05, 0.1) is 0 Å². The van der Waals surface area contributed by atoms with Crippen LogP contribution in [-0.4, -0.2) is 52.1 Å². The fourth-order valence-electron chi connectivity index (χ4n) is 3.88. The van der Waals surface area contributed by atoms with Crippen LogP contribution < -0.4 is 91.0 Å². The molecule has 1 heterocycles. The molecule has 1 radical (unpaired) electrons. The van der Waals surface area contributed by atoms with Gasteiger partial charge in [0, 0.05) is 65.9 Å². The summed E-state index contributed by atoms with van der Waals surface area (Å²) in [6.45, 7) is 14.4. The van der Waals surface area contributed by atoms with Crippen molar-refractivity contribution in [1.29, 1.82) is 0 Å². The molecular formula is C33H49ClCsN6OPr-. The smallest absolute Gasteiger partial charge is 0.662 e. The van der Waals surface area contributed by atoms with Crippen LogP contribution in [0.1, 0.15) is 37.7 Å². The molecule has 6 N–H and O–H groups in total. The molecule has 3 rings (SSSR count). The SMILES string of the molecule is C=C(N/C(=C/N)CC1CCN(C)CC1)C1=[C-]CCC=C1Cl.C=C/C=C/C[N-]C.C=Cc1ccc(NC)cc1.NC=O.[Cs+].[Pr]. The maximum atomic E-state index is 8.58. The largest absolute Gasteiger partial charge is 1.00 e. The predicted octanol–water partition coefficient (Wildman–Crippen LogP) is 3.48. The van der Waals surface area contributed by atoms with Crippen LogP contribution in [0.25, 0.3) is 11.4 Å². The number of hydrogen-bond acceptors (Lipinski definition) is 5. The summed E-state index contributed by atoms with van der Waals surface area (Å²) in [4.78, 5) is 11.0. The monoisotopic (exact) mass is 854 g/mol. The number of likely N-dealkylation sites (N-methyl/N-ethyl adjacent to an activating group) is 1. The Bertz CT molecular complexity index is 1030. The summed E-state index contributed by atoms with van der Waals surface area (Å²) < 4.78 is 0. The fraction of sp³-hybridized carbons (Fsp3) is 0.364. The molecule has 0 aromatic heterocycles. The van der Waals surface area contributed by atoms with E-state index >= 15 is 0 Å². The molecule has 0 atom stereocenters. The van der Waals surface area contributed by atoms with Gasteiger partial charge in [0.25, 0.3) is 0 Å². The van der Waals surface area contributed by atoms with Crippen molar-refractivity contribution in [3.8, 4) is 0 Å². The minimum absolute atomic E-state index is 0. The van der Waals surface area contributed by atoms with Gasteiger partial charge in [-0.1, -0.05) is 67.1 Å². The summed E-state index contributed by atoms with van der Waals surface area (Å²) in [7, 11) is 5.87. The predicted molar refractivity (Wildman–Crippen MR) is 179 cm³/mol. The zero-order chi connectivity index (χ0) is 30.9. The molecule has 43 heavy (non-hydrogen) atoms. The van der Waals surface area contributed by atoms with Crippen molar-refractivity contribution in [2.45, 2.75) is 32.1 Å². The van der Waals surface area contributed by atoms with Crippen LogP contribution in [0.2, 0.25) is 0 Å². The first kappa shape index (κ1) is 47.3. The van der Waals surface area contributed by atoms with Crippen LogP contribution in [0.3, 0.4) is 0 Å². The fourth-order valence-corrected chi connectivity index (χ4v) is 4.17. The number of amides is 1. The molecule has 0 saturated carbocycles. The number of nitrogens with zero attached hydrogens (tertiary/aromatic N) is 2. The normalized spacial score (nSPS) is 14.6. The number of hydrogen-bond donors (Lipinski definition) is 4. The number of nitrogens with two attached hydrogens (primary N) is 2. The van der Waals surface area contributed by atoms with Gasteiger partial charge < -0.3 is 32.3 Å². The molecule has 1 amide bonds. The van der Waals surface area contributed by atoms with Crippen molar-refractivity contribution in [1.82, 2.24) is 10.2 Å². The molecule has 2 aliphatic rings. The first-order valence-electron chi connectivity index (χ1n) is 13.7. The maximum Gasteiger partial charge on any atom is 1.00 e. The van der Waals surface area contributed by atoms with E-state index in [1.54, 1.807) is 19.3 Å². The number of nitrogens with one attached hydrogen (secondary N) is 2. The molecule has 1 aliphatic carbocycles. The molecule has 0 unspecified atom stereocenters. The standard InChI is InChI=1S/C17H25ClN3.C9H11N.C6H10N.CH3NO.Cs.Pr/c1-13(16-5-3-4-6-17(16)18)20-15(12-19)11-14-7-9-21(2)10-8-14;1-3-8-4-6-9(10-2)7-5-8;1-3-4-5-6-7-2;2-1-3;;/h6,12,14,20H,1,3-4,7-11,19H2,2H3;3-7,10H,1H2,2H3;3-5H,1,6H2,2H3;1H,(H2,2,3);;/q-1;;-1;;+1;/b15-12+;;5-4+;;;. The van der Waals surface area contributed by atoms with E-state index in [1.165, 1.54) is 12.8 Å². The second-order valence-electron chi connectivity index (χ2n) is 9.26. The minimum atomic E-state index is 0. The van der Waals surface area contributed by atoms with Gasteiger partial charge in [0.1, 0.15) is 0 Å². The third kappa shape index (κ3) is 23.8. The molecule has 1 fully saturated rings. The second-order valence-corrected chi connectivity index (χ2v) is 9.67. The van der Waals surface area contributed by atoms with E-state index in [2.05, 4.69) is 59.4 Å². The summed E-state index contributed by atoms with van der Waals surface area (Å²) in [5, 5.41) is 10.9. The molecule has 1 aromatic rings. The van der Waals surface area contributed by atoms with E-state index in [1.807, 2.05) is 55.6 Å². The third-order valence-corrected chi connectivity index (χ3v) is 6.51. The minimum Gasteiger partial charge on any atom is -0.662 e. The third-order valence-electron chi connectivity index (χ3n) is 6.16. The Balaban J connectivity index is -0.000000608. The molecule has 0 spiro atoms.